The maximum absolute atomic E-state index is 12.3. The summed E-state index contributed by atoms with van der Waals surface area (Å²) in [7, 11) is 3.12. The number of nitrogens with two attached hydrogens (primary N) is 2. The number of fused-ring (bicyclic) bond motifs is 8. The Hall–Kier alpha value is -4.38. The third-order valence-electron chi connectivity index (χ3n) is 10.7. The minimum atomic E-state index is -0.938. The van der Waals surface area contributed by atoms with Crippen LogP contribution in [0.25, 0.3) is 44.4 Å². The van der Waals surface area contributed by atoms with Gasteiger partial charge in [0, 0.05) is 48.9 Å². The molecular weight excluding hydrogens is 832 g/mol. The summed E-state index contributed by atoms with van der Waals surface area (Å²) in [5.41, 5.74) is 24.4. The van der Waals surface area contributed by atoms with E-state index in [4.69, 9.17) is 31.4 Å². The molecule has 5 heterocycles. The molecule has 4 unspecified atom stereocenters. The van der Waals surface area contributed by atoms with Crippen LogP contribution in [0.1, 0.15) is 97.2 Å². The molecule has 59 heavy (non-hydrogen) atoms. The van der Waals surface area contributed by atoms with Gasteiger partial charge >= 0.3 is 29.0 Å². The monoisotopic (exact) mass is 884 g/mol. The van der Waals surface area contributed by atoms with E-state index in [1.807, 2.05) is 52.0 Å². The number of carboxylic acids is 2. The molecule has 2 amide bonds. The Balaban J connectivity index is 0.00000769. The summed E-state index contributed by atoms with van der Waals surface area (Å²) in [6, 6.07) is 6.23. The van der Waals surface area contributed by atoms with Gasteiger partial charge in [0.15, 0.2) is 0 Å². The van der Waals surface area contributed by atoms with Crippen LogP contribution in [0.4, 0.5) is 0 Å². The van der Waals surface area contributed by atoms with Gasteiger partial charge in [-0.15, -0.1) is 22.1 Å². The first-order chi connectivity index (χ1) is 27.4. The second kappa shape index (κ2) is 20.3. The molecule has 4 atom stereocenters. The molecule has 0 radical (unpaired) electrons. The standard InChI is InChI=1S/C42H54N8O6S2.Fe/c1-19-25(9-11-37(51)52)33-16-34-26(10-12-38(53)54)20(2)30(48-34)14-35-40(24(6)58-18-28(44)42(56)46-8)22(4)32(50-35)15-36-39(21(3)31(49-36)13-29(19)47-33)23(5)57-17-27(43)41(55)45-7;/h13-16,23-24,27-28H,9-12,17-18,43-44H2,1-8H3,(H6,45,46,47,48,49,50,51,52,53,54,55,56);/q;+4/p-2. The van der Waals surface area contributed by atoms with E-state index in [0.29, 0.717) is 56.3 Å². The van der Waals surface area contributed by atoms with E-state index in [-0.39, 0.29) is 65.1 Å². The van der Waals surface area contributed by atoms with Crippen molar-refractivity contribution in [1.29, 1.82) is 0 Å². The van der Waals surface area contributed by atoms with E-state index in [2.05, 4.69) is 24.5 Å². The van der Waals surface area contributed by atoms with Gasteiger partial charge in [-0.25, -0.2) is 9.97 Å². The Labute approximate surface area is 363 Å². The summed E-state index contributed by atoms with van der Waals surface area (Å²) in [6.45, 7) is 12.0. The van der Waals surface area contributed by atoms with E-state index in [0.717, 1.165) is 44.5 Å². The van der Waals surface area contributed by atoms with Crippen molar-refractivity contribution >= 4 is 91.6 Å². The molecule has 8 bridgehead atoms. The number of aromatic nitrogens is 4. The van der Waals surface area contributed by atoms with Crippen LogP contribution in [0.15, 0.2) is 24.3 Å². The predicted molar refractivity (Wildman–Crippen MR) is 233 cm³/mol. The first kappa shape index (κ1) is 47.3. The number of amides is 2. The minimum absolute atomic E-state index is 0. The number of nitrogens with zero attached hydrogens (tertiary/aromatic N) is 4. The molecule has 0 aliphatic carbocycles. The Morgan fingerprint density at radius 3 is 1.75 bits per heavy atom. The summed E-state index contributed by atoms with van der Waals surface area (Å²) in [4.78, 5) is 68.6. The van der Waals surface area contributed by atoms with Crippen LogP contribution < -0.4 is 32.1 Å². The first-order valence-electron chi connectivity index (χ1n) is 19.1. The number of carboxylic acid groups (broad SMARTS) is 2. The van der Waals surface area contributed by atoms with Gasteiger partial charge in [0.2, 0.25) is 11.8 Å². The molecule has 0 saturated carbocycles. The van der Waals surface area contributed by atoms with Crippen molar-refractivity contribution in [3.8, 4) is 0 Å². The molecule has 0 aromatic carbocycles. The SMILES string of the molecule is CNC(=O)C(N)CSC(C)C1=C(C)c2cc3[n-]c(cc4nc(cc5[n-]c(cc1n2)c(C)c5CCC(=O)O)C(CCC(=O)O)=C4C)c(C)c3C(C)SCC(N)C(=O)NC.[Fe+4]. The molecule has 5 rings (SSSR count). The molecule has 3 aromatic heterocycles. The third kappa shape index (κ3) is 10.7. The Kier molecular flexibility index (Phi) is 16.2. The van der Waals surface area contributed by atoms with E-state index in [1.54, 1.807) is 37.6 Å². The molecule has 2 aliphatic heterocycles. The predicted octanol–water partition coefficient (Wildman–Crippen LogP) is 4.99. The van der Waals surface area contributed by atoms with Gasteiger partial charge in [-0.2, -0.15) is 23.5 Å². The van der Waals surface area contributed by atoms with Gasteiger partial charge in [0.05, 0.1) is 34.9 Å². The van der Waals surface area contributed by atoms with Gasteiger partial charge in [-0.1, -0.05) is 41.0 Å². The van der Waals surface area contributed by atoms with Crippen molar-refractivity contribution in [1.82, 2.24) is 30.6 Å². The zero-order chi connectivity index (χ0) is 42.6. The molecule has 2 aliphatic rings. The van der Waals surface area contributed by atoms with Crippen LogP contribution in [0.3, 0.4) is 0 Å². The van der Waals surface area contributed by atoms with Crippen molar-refractivity contribution in [2.45, 2.75) is 89.8 Å². The number of thioether (sulfide) groups is 2. The largest absolute Gasteiger partial charge is 4.00 e. The molecule has 17 heteroatoms. The fourth-order valence-electron chi connectivity index (χ4n) is 7.31. The number of nitrogens with one attached hydrogen (secondary N) is 2. The number of hydrogen-bond donors (Lipinski definition) is 6. The summed E-state index contributed by atoms with van der Waals surface area (Å²) in [5, 5.41) is 24.3. The normalized spacial score (nSPS) is 14.7. The molecule has 3 aromatic rings. The Bertz CT molecular complexity index is 2370. The summed E-state index contributed by atoms with van der Waals surface area (Å²) in [5.74, 6) is -1.62. The van der Waals surface area contributed by atoms with Crippen molar-refractivity contribution < 1.29 is 46.5 Å². The van der Waals surface area contributed by atoms with E-state index in [1.165, 1.54) is 0 Å². The van der Waals surface area contributed by atoms with Crippen LogP contribution in [0.5, 0.6) is 0 Å². The van der Waals surface area contributed by atoms with Crippen LogP contribution >= 0.6 is 23.5 Å². The average molecular weight is 885 g/mol. The van der Waals surface area contributed by atoms with Crippen molar-refractivity contribution in [2.24, 2.45) is 11.5 Å². The number of carbonyl (C=O) groups excluding carboxylic acids is 2. The molecule has 0 saturated heterocycles. The maximum Gasteiger partial charge on any atom is 4.00 e. The van der Waals surface area contributed by atoms with Crippen LogP contribution in [0, 0.1) is 13.8 Å². The molecule has 0 fully saturated rings. The summed E-state index contributed by atoms with van der Waals surface area (Å²) in [6.07, 6.45) is 0.247. The van der Waals surface area contributed by atoms with Crippen molar-refractivity contribution in [3.63, 3.8) is 0 Å². The van der Waals surface area contributed by atoms with Crippen molar-refractivity contribution in [2.75, 3.05) is 25.6 Å². The molecule has 14 nitrogen and oxygen atoms in total. The molecule has 314 valence electrons. The number of carbonyl (C=O) groups is 4. The molecule has 0 spiro atoms. The van der Waals surface area contributed by atoms with Gasteiger partial charge < -0.3 is 42.3 Å². The number of aryl methyl sites for hydroxylation is 3. The Morgan fingerprint density at radius 2 is 1.15 bits per heavy atom. The van der Waals surface area contributed by atoms with Gasteiger partial charge in [-0.05, 0) is 82.2 Å². The topological polar surface area (TPSA) is 239 Å². The minimum Gasteiger partial charge on any atom is -0.657 e. The van der Waals surface area contributed by atoms with Gasteiger partial charge in [0.25, 0.3) is 0 Å². The zero-order valence-electron chi connectivity index (χ0n) is 34.5. The second-order valence-corrected chi connectivity index (χ2v) is 17.3. The summed E-state index contributed by atoms with van der Waals surface area (Å²) >= 11 is 3.09. The first-order valence-corrected chi connectivity index (χ1v) is 21.2. The van der Waals surface area contributed by atoms with E-state index in [9.17, 15) is 29.4 Å². The molecular formula is C42H52FeN8O6S2+2. The van der Waals surface area contributed by atoms with Gasteiger partial charge in [-0.3, -0.25) is 19.2 Å². The van der Waals surface area contributed by atoms with Crippen LogP contribution in [-0.2, 0) is 42.7 Å². The van der Waals surface area contributed by atoms with Crippen LogP contribution in [0.2, 0.25) is 0 Å². The third-order valence-corrected chi connectivity index (χ3v) is 13.3. The zero-order valence-corrected chi connectivity index (χ0v) is 37.2. The van der Waals surface area contributed by atoms with E-state index < -0.39 is 24.0 Å². The van der Waals surface area contributed by atoms with E-state index >= 15 is 0 Å². The smallest absolute Gasteiger partial charge is 0.657 e. The van der Waals surface area contributed by atoms with Crippen LogP contribution in [-0.4, -0.2) is 86.9 Å². The van der Waals surface area contributed by atoms with Gasteiger partial charge in [0.1, 0.15) is 0 Å². The number of aliphatic carboxylic acids is 2. The second-order valence-electron chi connectivity index (χ2n) is 14.6. The summed E-state index contributed by atoms with van der Waals surface area (Å²) < 4.78 is 0. The number of likely N-dealkylation sites (N-methyl/N-ethyl adjacent to an activating group) is 2. The number of hydrogen-bond acceptors (Lipinski definition) is 10. The van der Waals surface area contributed by atoms with Crippen molar-refractivity contribution in [3.05, 3.63) is 69.3 Å². The number of allylic oxidation sites excluding steroid dienone is 3. The molecule has 8 N–H and O–H groups in total. The maximum atomic E-state index is 12.3. The number of rotatable bonds is 16. The fraction of sp³-hybridized carbons (Fsp3) is 0.429. The Morgan fingerprint density at radius 1 is 0.678 bits per heavy atom. The quantitative estimate of drug-likeness (QED) is 0.104. The fourth-order valence-corrected chi connectivity index (χ4v) is 9.53. The average Bonchev–Trinajstić information content (AvgIpc) is 3.85.